The molecule has 3 aromatic carbocycles. The second-order valence-corrected chi connectivity index (χ2v) is 7.69. The Morgan fingerprint density at radius 2 is 1.52 bits per heavy atom. The van der Waals surface area contributed by atoms with Crippen LogP contribution in [-0.4, -0.2) is 16.5 Å². The molecule has 154 valence electrons. The van der Waals surface area contributed by atoms with E-state index in [1.165, 1.54) is 12.8 Å². The normalized spacial score (nSPS) is 13.2. The number of aromatic nitrogens is 2. The number of nitrogens with one attached hydrogen (secondary N) is 3. The number of rotatable bonds is 8. The Labute approximate surface area is 178 Å². The van der Waals surface area contributed by atoms with Crippen molar-refractivity contribution < 1.29 is 0 Å². The van der Waals surface area contributed by atoms with Crippen LogP contribution in [0, 0.1) is 5.92 Å². The molecule has 0 bridgehead atoms. The molecule has 0 aliphatic heterocycles. The zero-order valence-corrected chi connectivity index (χ0v) is 16.8. The van der Waals surface area contributed by atoms with Crippen LogP contribution in [0.15, 0.2) is 76.4 Å². The van der Waals surface area contributed by atoms with E-state index < -0.39 is 10.9 Å². The molecule has 0 radical (unpaired) electrons. The van der Waals surface area contributed by atoms with E-state index in [9.17, 15) is 9.59 Å². The van der Waals surface area contributed by atoms with E-state index in [1.807, 2.05) is 42.5 Å². The summed E-state index contributed by atoms with van der Waals surface area (Å²) in [5.74, 6) is 1.43. The average Bonchev–Trinajstić information content (AvgIpc) is 3.64. The molecule has 1 saturated carbocycles. The van der Waals surface area contributed by atoms with Crippen LogP contribution in [0.2, 0.25) is 0 Å². The Bertz CT molecular complexity index is 1270. The van der Waals surface area contributed by atoms with Gasteiger partial charge in [0, 0.05) is 18.4 Å². The molecular formula is C24H21N5O2. The summed E-state index contributed by atoms with van der Waals surface area (Å²) < 4.78 is 0. The summed E-state index contributed by atoms with van der Waals surface area (Å²) in [6.07, 6.45) is 3.93. The van der Waals surface area contributed by atoms with E-state index >= 15 is 0 Å². The van der Waals surface area contributed by atoms with Crippen molar-refractivity contribution in [1.29, 1.82) is 0 Å². The van der Waals surface area contributed by atoms with Crippen molar-refractivity contribution in [3.8, 4) is 11.1 Å². The highest BCUT2D eigenvalue weighted by atomic mass is 16.2. The lowest BCUT2D eigenvalue weighted by molar-refractivity contribution is 0.886. The molecule has 1 fully saturated rings. The van der Waals surface area contributed by atoms with Gasteiger partial charge in [0.25, 0.3) is 10.9 Å². The molecule has 7 heteroatoms. The third-order valence-electron chi connectivity index (χ3n) is 5.33. The molecule has 5 rings (SSSR count). The van der Waals surface area contributed by atoms with E-state index in [1.54, 1.807) is 12.3 Å². The minimum Gasteiger partial charge on any atom is -0.380 e. The average molecular weight is 411 g/mol. The first-order valence-corrected chi connectivity index (χ1v) is 10.3. The van der Waals surface area contributed by atoms with Crippen LogP contribution < -0.4 is 26.8 Å². The fourth-order valence-electron chi connectivity index (χ4n) is 3.37. The molecule has 0 spiro atoms. The van der Waals surface area contributed by atoms with Crippen molar-refractivity contribution in [2.45, 2.75) is 12.8 Å². The van der Waals surface area contributed by atoms with Gasteiger partial charge in [-0.2, -0.15) is 4.98 Å². The first-order chi connectivity index (χ1) is 15.2. The van der Waals surface area contributed by atoms with E-state index in [4.69, 9.17) is 0 Å². The van der Waals surface area contributed by atoms with Gasteiger partial charge < -0.3 is 16.0 Å². The van der Waals surface area contributed by atoms with Gasteiger partial charge in [0.15, 0.2) is 0 Å². The maximum absolute atomic E-state index is 12.0. The predicted molar refractivity (Wildman–Crippen MR) is 123 cm³/mol. The second kappa shape index (κ2) is 8.02. The molecule has 7 nitrogen and oxygen atoms in total. The SMILES string of the molecule is O=c1c(NCC2CC2)c(Nc2ccnc(Nc3ccc(-c4ccccc4)cc3)n2)c1=O. The lowest BCUT2D eigenvalue weighted by Crippen LogP contribution is -2.37. The van der Waals surface area contributed by atoms with Crippen LogP contribution in [-0.2, 0) is 0 Å². The quantitative estimate of drug-likeness (QED) is 0.377. The number of nitrogens with zero attached hydrogens (tertiary/aromatic N) is 2. The third-order valence-corrected chi connectivity index (χ3v) is 5.33. The Morgan fingerprint density at radius 1 is 0.806 bits per heavy atom. The van der Waals surface area contributed by atoms with Gasteiger partial charge in [0.2, 0.25) is 5.95 Å². The molecule has 0 atom stereocenters. The highest BCUT2D eigenvalue weighted by Crippen LogP contribution is 2.30. The molecular weight excluding hydrogens is 390 g/mol. The summed E-state index contributed by atoms with van der Waals surface area (Å²) >= 11 is 0. The summed E-state index contributed by atoms with van der Waals surface area (Å²) in [5.41, 5.74) is 2.73. The fourth-order valence-corrected chi connectivity index (χ4v) is 3.37. The number of hydrogen-bond donors (Lipinski definition) is 3. The number of hydrogen-bond acceptors (Lipinski definition) is 7. The van der Waals surface area contributed by atoms with Crippen LogP contribution in [0.1, 0.15) is 12.8 Å². The van der Waals surface area contributed by atoms with Crippen LogP contribution in [0.5, 0.6) is 0 Å². The zero-order chi connectivity index (χ0) is 21.2. The van der Waals surface area contributed by atoms with Gasteiger partial charge in [-0.1, -0.05) is 42.5 Å². The zero-order valence-electron chi connectivity index (χ0n) is 16.8. The molecule has 1 aliphatic rings. The summed E-state index contributed by atoms with van der Waals surface area (Å²) in [5, 5.41) is 9.22. The lowest BCUT2D eigenvalue weighted by Gasteiger charge is -2.14. The minimum atomic E-state index is -0.525. The van der Waals surface area contributed by atoms with Crippen molar-refractivity contribution in [3.05, 3.63) is 87.3 Å². The summed E-state index contributed by atoms with van der Waals surface area (Å²) in [6.45, 7) is 0.717. The lowest BCUT2D eigenvalue weighted by atomic mass is 10.1. The van der Waals surface area contributed by atoms with E-state index in [2.05, 4.69) is 38.1 Å². The maximum atomic E-state index is 12.0. The summed E-state index contributed by atoms with van der Waals surface area (Å²) in [7, 11) is 0. The van der Waals surface area contributed by atoms with Crippen molar-refractivity contribution in [2.24, 2.45) is 5.92 Å². The first kappa shape index (κ1) is 19.0. The minimum absolute atomic E-state index is 0.266. The monoisotopic (exact) mass is 411 g/mol. The largest absolute Gasteiger partial charge is 0.380 e. The molecule has 1 heterocycles. The topological polar surface area (TPSA) is 96.0 Å². The Balaban J connectivity index is 1.28. The van der Waals surface area contributed by atoms with Gasteiger partial charge in [-0.25, -0.2) is 4.98 Å². The fraction of sp³-hybridized carbons (Fsp3) is 0.167. The van der Waals surface area contributed by atoms with Gasteiger partial charge in [-0.05, 0) is 48.1 Å². The summed E-state index contributed by atoms with van der Waals surface area (Å²) in [6, 6.07) is 19.8. The second-order valence-electron chi connectivity index (χ2n) is 7.69. The summed E-state index contributed by atoms with van der Waals surface area (Å²) in [4.78, 5) is 32.5. The van der Waals surface area contributed by atoms with E-state index in [-0.39, 0.29) is 5.69 Å². The van der Waals surface area contributed by atoms with Crippen LogP contribution in [0.4, 0.5) is 28.8 Å². The van der Waals surface area contributed by atoms with Crippen molar-refractivity contribution in [1.82, 2.24) is 9.97 Å². The number of anilines is 5. The van der Waals surface area contributed by atoms with Crippen LogP contribution in [0.25, 0.3) is 11.1 Å². The van der Waals surface area contributed by atoms with Gasteiger partial charge >= 0.3 is 0 Å². The Kier molecular flexibility index (Phi) is 4.92. The van der Waals surface area contributed by atoms with Gasteiger partial charge in [0.05, 0.1) is 0 Å². The molecule has 4 aromatic rings. The van der Waals surface area contributed by atoms with Gasteiger partial charge in [-0.3, -0.25) is 9.59 Å². The molecule has 1 aliphatic carbocycles. The highest BCUT2D eigenvalue weighted by Gasteiger charge is 2.25. The molecule has 0 unspecified atom stereocenters. The highest BCUT2D eigenvalue weighted by molar-refractivity contribution is 5.78. The maximum Gasteiger partial charge on any atom is 0.253 e. The van der Waals surface area contributed by atoms with Gasteiger partial charge in [0.1, 0.15) is 17.2 Å². The Hall–Kier alpha value is -4.00. The first-order valence-electron chi connectivity index (χ1n) is 10.3. The molecule has 31 heavy (non-hydrogen) atoms. The Morgan fingerprint density at radius 3 is 2.26 bits per heavy atom. The van der Waals surface area contributed by atoms with Crippen LogP contribution in [0.3, 0.4) is 0 Å². The van der Waals surface area contributed by atoms with E-state index in [0.29, 0.717) is 23.4 Å². The van der Waals surface area contributed by atoms with Crippen molar-refractivity contribution in [3.63, 3.8) is 0 Å². The molecule has 1 aromatic heterocycles. The third kappa shape index (κ3) is 4.16. The predicted octanol–water partition coefficient (Wildman–Crippen LogP) is 4.05. The van der Waals surface area contributed by atoms with Crippen molar-refractivity contribution in [2.75, 3.05) is 22.5 Å². The standard InChI is InChI=1S/C24H21N5O2/c30-22-20(26-14-15-6-7-15)21(23(22)31)28-19-12-13-25-24(29-19)27-18-10-8-17(9-11-18)16-4-2-1-3-5-16/h1-5,8-13,15,26H,6-7,14H2,(H2,25,27,28,29). The molecule has 3 N–H and O–H groups in total. The van der Waals surface area contributed by atoms with Crippen molar-refractivity contribution >= 4 is 28.8 Å². The number of benzene rings is 2. The molecule has 0 amide bonds. The smallest absolute Gasteiger partial charge is 0.253 e. The van der Waals surface area contributed by atoms with E-state index in [0.717, 1.165) is 23.4 Å². The van der Waals surface area contributed by atoms with Crippen LogP contribution >= 0.6 is 0 Å². The molecule has 0 saturated heterocycles. The van der Waals surface area contributed by atoms with Gasteiger partial charge in [-0.15, -0.1) is 0 Å².